The first-order valence-electron chi connectivity index (χ1n) is 7.32. The molecule has 3 rings (SSSR count). The highest BCUT2D eigenvalue weighted by Gasteiger charge is 2.03. The minimum atomic E-state index is -0.197. The molecule has 0 atom stereocenters. The van der Waals surface area contributed by atoms with E-state index in [4.69, 9.17) is 4.74 Å². The number of hydrogen-bond acceptors (Lipinski definition) is 4. The van der Waals surface area contributed by atoms with Crippen LogP contribution in [0.25, 0.3) is 12.2 Å². The molecule has 0 bridgehead atoms. The van der Waals surface area contributed by atoms with E-state index in [2.05, 4.69) is 4.98 Å². The summed E-state index contributed by atoms with van der Waals surface area (Å²) in [5, 5.41) is 0. The second-order valence-electron chi connectivity index (χ2n) is 5.08. The summed E-state index contributed by atoms with van der Waals surface area (Å²) in [5.41, 5.74) is 1.29. The fourth-order valence-corrected chi connectivity index (χ4v) is 3.07. The Balaban J connectivity index is 1.93. The van der Waals surface area contributed by atoms with Crippen LogP contribution in [0.1, 0.15) is 15.9 Å². The fraction of sp³-hybridized carbons (Fsp3) is 0.0526. The van der Waals surface area contributed by atoms with Crippen LogP contribution in [0.5, 0.6) is 5.75 Å². The molecule has 120 valence electrons. The van der Waals surface area contributed by atoms with Crippen LogP contribution in [0.2, 0.25) is 0 Å². The average Bonchev–Trinajstić information content (AvgIpc) is 2.95. The number of hydrogen-bond donors (Lipinski definition) is 1. The molecule has 0 aliphatic carbocycles. The zero-order valence-electron chi connectivity index (χ0n) is 13.0. The molecule has 1 aromatic heterocycles. The highest BCUT2D eigenvalue weighted by molar-refractivity contribution is 7.07. The second-order valence-corrected chi connectivity index (χ2v) is 6.16. The third-order valence-corrected chi connectivity index (χ3v) is 4.38. The van der Waals surface area contributed by atoms with Crippen LogP contribution in [0.4, 0.5) is 0 Å². The first-order chi connectivity index (χ1) is 11.7. The third-order valence-electron chi connectivity index (χ3n) is 3.41. The molecule has 0 amide bonds. The third kappa shape index (κ3) is 3.70. The van der Waals surface area contributed by atoms with Crippen LogP contribution < -0.4 is 19.5 Å². The Bertz CT molecular complexity index is 1010. The van der Waals surface area contributed by atoms with Gasteiger partial charge in [0.15, 0.2) is 5.78 Å². The predicted molar refractivity (Wildman–Crippen MR) is 96.0 cm³/mol. The van der Waals surface area contributed by atoms with Crippen molar-refractivity contribution >= 4 is 29.3 Å². The van der Waals surface area contributed by atoms with Crippen molar-refractivity contribution in [2.24, 2.45) is 0 Å². The van der Waals surface area contributed by atoms with Crippen LogP contribution in [0, 0.1) is 0 Å². The van der Waals surface area contributed by atoms with E-state index in [9.17, 15) is 9.59 Å². The zero-order chi connectivity index (χ0) is 16.9. The van der Waals surface area contributed by atoms with E-state index in [1.807, 2.05) is 30.3 Å². The monoisotopic (exact) mass is 337 g/mol. The highest BCUT2D eigenvalue weighted by Crippen LogP contribution is 2.11. The predicted octanol–water partition coefficient (Wildman–Crippen LogP) is 1.94. The lowest BCUT2D eigenvalue weighted by atomic mass is 10.1. The summed E-state index contributed by atoms with van der Waals surface area (Å²) in [6.07, 6.45) is 3.24. The van der Waals surface area contributed by atoms with Crippen molar-refractivity contribution in [3.8, 4) is 5.75 Å². The molecule has 0 saturated carbocycles. The number of methoxy groups -OCH3 is 1. The van der Waals surface area contributed by atoms with E-state index in [0.717, 1.165) is 5.56 Å². The highest BCUT2D eigenvalue weighted by atomic mass is 32.1. The van der Waals surface area contributed by atoms with Gasteiger partial charge in [-0.05, 0) is 35.9 Å². The Morgan fingerprint density at radius 2 is 1.79 bits per heavy atom. The number of H-pyrrole nitrogens is 1. The molecule has 2 aromatic carbocycles. The molecular formula is C19H15NO3S. The van der Waals surface area contributed by atoms with E-state index >= 15 is 0 Å². The number of Topliss-reactive ketones (excluding diaryl/α,β-unsaturated/α-hetero) is 1. The molecule has 1 N–H and O–H groups in total. The summed E-state index contributed by atoms with van der Waals surface area (Å²) in [5.74, 6) is 0.525. The van der Waals surface area contributed by atoms with Crippen LogP contribution in [-0.2, 0) is 0 Å². The van der Waals surface area contributed by atoms with Crippen molar-refractivity contribution in [1.29, 1.82) is 0 Å². The number of nitrogens with one attached hydrogen (secondary N) is 1. The molecule has 5 heteroatoms. The van der Waals surface area contributed by atoms with E-state index in [1.165, 1.54) is 17.4 Å². The molecule has 0 saturated heterocycles. The summed E-state index contributed by atoms with van der Waals surface area (Å²) >= 11 is 1.26. The van der Waals surface area contributed by atoms with Gasteiger partial charge in [0.2, 0.25) is 0 Å². The lowest BCUT2D eigenvalue weighted by Gasteiger charge is -1.99. The van der Waals surface area contributed by atoms with Gasteiger partial charge < -0.3 is 9.72 Å². The standard InChI is InChI=1S/C19H15NO3S/c1-23-15-9-7-14(8-10-15)16(21)12-18-20-19(22)17(24-18)11-13-5-3-2-4-6-13/h2-12H,1H3,(H,20,22)/b17-11+,18-12+. The topological polar surface area (TPSA) is 59.2 Å². The molecule has 0 spiro atoms. The van der Waals surface area contributed by atoms with Gasteiger partial charge in [0, 0.05) is 11.6 Å². The van der Waals surface area contributed by atoms with E-state index in [1.54, 1.807) is 37.5 Å². The smallest absolute Gasteiger partial charge is 0.266 e. The van der Waals surface area contributed by atoms with E-state index < -0.39 is 0 Å². The van der Waals surface area contributed by atoms with Crippen molar-refractivity contribution in [3.63, 3.8) is 0 Å². The van der Waals surface area contributed by atoms with Crippen molar-refractivity contribution in [2.45, 2.75) is 0 Å². The first-order valence-corrected chi connectivity index (χ1v) is 8.13. The zero-order valence-corrected chi connectivity index (χ0v) is 13.8. The number of benzene rings is 2. The first kappa shape index (κ1) is 16.0. The van der Waals surface area contributed by atoms with Crippen molar-refractivity contribution in [3.05, 3.63) is 85.3 Å². The minimum Gasteiger partial charge on any atom is -0.497 e. The maximum atomic E-state index is 12.3. The number of ketones is 1. The molecule has 0 aliphatic heterocycles. The fourth-order valence-electron chi connectivity index (χ4n) is 2.18. The van der Waals surface area contributed by atoms with Gasteiger partial charge in [-0.3, -0.25) is 9.59 Å². The molecule has 0 fully saturated rings. The van der Waals surface area contributed by atoms with Gasteiger partial charge in [-0.15, -0.1) is 11.3 Å². The number of rotatable bonds is 4. The normalized spacial score (nSPS) is 12.4. The van der Waals surface area contributed by atoms with Crippen LogP contribution in [-0.4, -0.2) is 17.9 Å². The molecular weight excluding hydrogens is 322 g/mol. The summed E-state index contributed by atoms with van der Waals surface area (Å²) in [6, 6.07) is 16.4. The van der Waals surface area contributed by atoms with Crippen LogP contribution >= 0.6 is 11.3 Å². The molecule has 0 unspecified atom stereocenters. The largest absolute Gasteiger partial charge is 0.497 e. The van der Waals surface area contributed by atoms with Crippen LogP contribution in [0.15, 0.2) is 59.4 Å². The molecule has 3 aromatic rings. The molecule has 4 nitrogen and oxygen atoms in total. The number of aromatic amines is 1. The number of ether oxygens (including phenoxy) is 1. The number of carbonyl (C=O) groups excluding carboxylic acids is 1. The van der Waals surface area contributed by atoms with Gasteiger partial charge in [0.05, 0.1) is 16.3 Å². The average molecular weight is 337 g/mol. The van der Waals surface area contributed by atoms with Crippen molar-refractivity contribution < 1.29 is 9.53 Å². The van der Waals surface area contributed by atoms with Gasteiger partial charge in [-0.25, -0.2) is 0 Å². The maximum absolute atomic E-state index is 12.3. The summed E-state index contributed by atoms with van der Waals surface area (Å²) in [6.45, 7) is 0. The molecule has 0 aliphatic rings. The lowest BCUT2D eigenvalue weighted by Crippen LogP contribution is -2.19. The number of carbonyl (C=O) groups is 1. The van der Waals surface area contributed by atoms with Gasteiger partial charge in [0.1, 0.15) is 5.75 Å². The quantitative estimate of drug-likeness (QED) is 0.740. The molecule has 1 heterocycles. The van der Waals surface area contributed by atoms with Gasteiger partial charge in [0.25, 0.3) is 5.56 Å². The number of aromatic nitrogens is 1. The van der Waals surface area contributed by atoms with Gasteiger partial charge in [-0.2, -0.15) is 0 Å². The maximum Gasteiger partial charge on any atom is 0.266 e. The Morgan fingerprint density at radius 3 is 2.46 bits per heavy atom. The number of thiazole rings is 1. The van der Waals surface area contributed by atoms with Crippen molar-refractivity contribution in [1.82, 2.24) is 4.98 Å². The summed E-state index contributed by atoms with van der Waals surface area (Å²) in [4.78, 5) is 27.0. The minimum absolute atomic E-state index is 0.165. The Morgan fingerprint density at radius 1 is 1.08 bits per heavy atom. The Labute approximate surface area is 142 Å². The van der Waals surface area contributed by atoms with E-state index in [0.29, 0.717) is 20.5 Å². The van der Waals surface area contributed by atoms with Crippen LogP contribution in [0.3, 0.4) is 0 Å². The lowest BCUT2D eigenvalue weighted by molar-refractivity contribution is 0.106. The summed E-state index contributed by atoms with van der Waals surface area (Å²) in [7, 11) is 1.57. The van der Waals surface area contributed by atoms with Crippen molar-refractivity contribution in [2.75, 3.05) is 7.11 Å². The Hall–Kier alpha value is -2.92. The van der Waals surface area contributed by atoms with E-state index in [-0.39, 0.29) is 11.3 Å². The SMILES string of the molecule is COc1ccc(C(=O)/C=c2\[nH]c(=O)/c(=C\c3ccccc3)s2)cc1. The Kier molecular flexibility index (Phi) is 4.72. The summed E-state index contributed by atoms with van der Waals surface area (Å²) < 4.78 is 6.17. The van der Waals surface area contributed by atoms with Gasteiger partial charge >= 0.3 is 0 Å². The van der Waals surface area contributed by atoms with Gasteiger partial charge in [-0.1, -0.05) is 30.3 Å². The molecule has 24 heavy (non-hydrogen) atoms. The molecule has 0 radical (unpaired) electrons. The second kappa shape index (κ2) is 7.10.